The van der Waals surface area contributed by atoms with E-state index in [1.165, 1.54) is 12.3 Å². The van der Waals surface area contributed by atoms with Crippen molar-refractivity contribution < 1.29 is 9.32 Å². The number of aromatic nitrogens is 4. The summed E-state index contributed by atoms with van der Waals surface area (Å²) in [6, 6.07) is 5.46. The van der Waals surface area contributed by atoms with Crippen LogP contribution in [0.4, 0.5) is 0 Å². The molecule has 8 nitrogen and oxygen atoms in total. The Kier molecular flexibility index (Phi) is 5.40. The molecule has 0 saturated heterocycles. The first-order valence-electron chi connectivity index (χ1n) is 9.42. The van der Waals surface area contributed by atoms with Crippen molar-refractivity contribution >= 4 is 17.1 Å². The molecule has 0 fully saturated rings. The Hall–Kier alpha value is -2.90. The van der Waals surface area contributed by atoms with Gasteiger partial charge in [-0.3, -0.25) is 13.9 Å². The summed E-state index contributed by atoms with van der Waals surface area (Å²) in [5.74, 6) is -0.130. The topological polar surface area (TPSA) is 95.0 Å². The maximum absolute atomic E-state index is 12.6. The smallest absolute Gasteiger partial charge is 0.330 e. The molecule has 0 radical (unpaired) electrons. The molecule has 3 aromatic rings. The van der Waals surface area contributed by atoms with Crippen molar-refractivity contribution in [3.8, 4) is 0 Å². The number of hydrogen-bond acceptors (Lipinski definition) is 5. The average molecular weight is 385 g/mol. The van der Waals surface area contributed by atoms with Crippen molar-refractivity contribution in [2.24, 2.45) is 12.5 Å². The molecule has 0 aromatic carbocycles. The lowest BCUT2D eigenvalue weighted by Crippen LogP contribution is -2.27. The molecule has 1 amide bonds. The number of imidazole rings is 1. The van der Waals surface area contributed by atoms with Gasteiger partial charge in [0.15, 0.2) is 11.3 Å². The first-order valence-corrected chi connectivity index (χ1v) is 9.42. The summed E-state index contributed by atoms with van der Waals surface area (Å²) in [4.78, 5) is 29.3. The van der Waals surface area contributed by atoms with E-state index in [0.717, 1.165) is 17.6 Å². The van der Waals surface area contributed by atoms with Gasteiger partial charge in [0.05, 0.1) is 5.52 Å². The number of nitrogens with one attached hydrogen (secondary N) is 1. The van der Waals surface area contributed by atoms with Crippen LogP contribution in [-0.4, -0.2) is 31.7 Å². The molecular formula is C20H27N5O3. The number of carbonyl (C=O) groups is 1. The highest BCUT2D eigenvalue weighted by Crippen LogP contribution is 2.22. The van der Waals surface area contributed by atoms with Gasteiger partial charge in [0.2, 0.25) is 0 Å². The van der Waals surface area contributed by atoms with Crippen LogP contribution in [-0.2, 0) is 13.6 Å². The van der Waals surface area contributed by atoms with Gasteiger partial charge < -0.3 is 9.84 Å². The Bertz CT molecular complexity index is 1020. The van der Waals surface area contributed by atoms with E-state index >= 15 is 0 Å². The Balaban J connectivity index is 1.74. The van der Waals surface area contributed by atoms with Crippen LogP contribution >= 0.6 is 0 Å². The molecule has 1 N–H and O–H groups in total. The number of amides is 1. The summed E-state index contributed by atoms with van der Waals surface area (Å²) in [6.45, 7) is 9.51. The molecule has 3 aromatic heterocycles. The molecular weight excluding hydrogens is 358 g/mol. The van der Waals surface area contributed by atoms with Crippen molar-refractivity contribution in [3.05, 3.63) is 46.3 Å². The second-order valence-corrected chi connectivity index (χ2v) is 8.40. The molecule has 28 heavy (non-hydrogen) atoms. The van der Waals surface area contributed by atoms with Crippen molar-refractivity contribution in [2.45, 2.75) is 46.6 Å². The maximum Gasteiger partial charge on any atom is 0.330 e. The summed E-state index contributed by atoms with van der Waals surface area (Å²) in [6.07, 6.45) is 2.09. The van der Waals surface area contributed by atoms with Crippen molar-refractivity contribution in [3.63, 3.8) is 0 Å². The van der Waals surface area contributed by atoms with Gasteiger partial charge in [0, 0.05) is 37.8 Å². The molecule has 0 spiro atoms. The lowest BCUT2D eigenvalue weighted by Gasteiger charge is -2.18. The molecule has 150 valence electrons. The fraction of sp³-hybridized carbons (Fsp3) is 0.500. The second kappa shape index (κ2) is 7.61. The van der Waals surface area contributed by atoms with Crippen LogP contribution in [0.25, 0.3) is 11.2 Å². The van der Waals surface area contributed by atoms with Gasteiger partial charge >= 0.3 is 5.69 Å². The van der Waals surface area contributed by atoms with Crippen molar-refractivity contribution in [1.29, 1.82) is 0 Å². The molecule has 8 heteroatoms. The van der Waals surface area contributed by atoms with Gasteiger partial charge in [0.25, 0.3) is 5.91 Å². The van der Waals surface area contributed by atoms with Gasteiger partial charge in [-0.05, 0) is 24.0 Å². The Morgan fingerprint density at radius 3 is 2.68 bits per heavy atom. The van der Waals surface area contributed by atoms with Crippen LogP contribution in [0.1, 0.15) is 56.2 Å². The quantitative estimate of drug-likeness (QED) is 0.704. The minimum Gasteiger partial charge on any atom is -0.364 e. The highest BCUT2D eigenvalue weighted by molar-refractivity contribution is 5.91. The molecule has 0 unspecified atom stereocenters. The second-order valence-electron chi connectivity index (χ2n) is 8.40. The third-order valence-electron chi connectivity index (χ3n) is 4.67. The van der Waals surface area contributed by atoms with Crippen LogP contribution < -0.4 is 11.0 Å². The number of fused-ring (bicyclic) bond motifs is 1. The van der Waals surface area contributed by atoms with E-state index < -0.39 is 0 Å². The normalized spacial score (nSPS) is 13.0. The van der Waals surface area contributed by atoms with Gasteiger partial charge in [-0.25, -0.2) is 9.78 Å². The summed E-state index contributed by atoms with van der Waals surface area (Å²) >= 11 is 0. The van der Waals surface area contributed by atoms with E-state index in [2.05, 4.69) is 42.7 Å². The Labute approximate surface area is 163 Å². The van der Waals surface area contributed by atoms with Crippen molar-refractivity contribution in [2.75, 3.05) is 6.54 Å². The highest BCUT2D eigenvalue weighted by Gasteiger charge is 2.19. The predicted molar refractivity (Wildman–Crippen MR) is 106 cm³/mol. The third kappa shape index (κ3) is 4.16. The van der Waals surface area contributed by atoms with Crippen LogP contribution in [0.15, 0.2) is 33.8 Å². The monoisotopic (exact) mass is 385 g/mol. The minimum absolute atomic E-state index is 0.00781. The van der Waals surface area contributed by atoms with Crippen LogP contribution in [0.2, 0.25) is 0 Å². The number of rotatable bonds is 6. The highest BCUT2D eigenvalue weighted by atomic mass is 16.5. The number of nitrogens with zero attached hydrogens (tertiary/aromatic N) is 4. The lowest BCUT2D eigenvalue weighted by atomic mass is 9.97. The van der Waals surface area contributed by atoms with Crippen LogP contribution in [0.5, 0.6) is 0 Å². The summed E-state index contributed by atoms with van der Waals surface area (Å²) in [7, 11) is 1.75. The number of hydrogen-bond donors (Lipinski definition) is 1. The lowest BCUT2D eigenvalue weighted by molar-refractivity contribution is 0.0943. The number of aryl methyl sites for hydroxylation is 1. The van der Waals surface area contributed by atoms with Crippen molar-refractivity contribution in [1.82, 2.24) is 24.6 Å². The minimum atomic E-state index is -0.258. The van der Waals surface area contributed by atoms with E-state index in [1.54, 1.807) is 16.2 Å². The van der Waals surface area contributed by atoms with E-state index in [4.69, 9.17) is 4.98 Å². The standard InChI is InChI=1S/C20H27N5O3/c1-13(8-10-21-18(26)15-9-11-28-23-15)14-6-7-16-17(22-14)24(5)19(27)25(16)12-20(2,3)4/h6-7,9,11,13H,8,10,12H2,1-5H3,(H,21,26)/t13-/m1/s1. The average Bonchev–Trinajstić information content (AvgIpc) is 3.24. The number of pyridine rings is 1. The van der Waals surface area contributed by atoms with Crippen LogP contribution in [0.3, 0.4) is 0 Å². The van der Waals surface area contributed by atoms with Gasteiger partial charge in [0.1, 0.15) is 6.26 Å². The molecule has 0 aliphatic heterocycles. The van der Waals surface area contributed by atoms with E-state index in [-0.39, 0.29) is 28.6 Å². The first kappa shape index (κ1) is 19.9. The SMILES string of the molecule is C[C@H](CCNC(=O)c1ccon1)c1ccc2c(n1)n(C)c(=O)n2CC(C)(C)C. The van der Waals surface area contributed by atoms with E-state index in [9.17, 15) is 9.59 Å². The molecule has 0 saturated carbocycles. The third-order valence-corrected chi connectivity index (χ3v) is 4.67. The van der Waals surface area contributed by atoms with Crippen LogP contribution in [0, 0.1) is 5.41 Å². The zero-order chi connectivity index (χ0) is 20.5. The van der Waals surface area contributed by atoms with Gasteiger partial charge in [-0.2, -0.15) is 0 Å². The molecule has 3 rings (SSSR count). The van der Waals surface area contributed by atoms with Gasteiger partial charge in [-0.1, -0.05) is 32.9 Å². The first-order chi connectivity index (χ1) is 13.2. The number of carbonyl (C=O) groups excluding carboxylic acids is 1. The largest absolute Gasteiger partial charge is 0.364 e. The Morgan fingerprint density at radius 1 is 1.29 bits per heavy atom. The molecule has 1 atom stereocenters. The predicted octanol–water partition coefficient (Wildman–Crippen LogP) is 2.69. The summed E-state index contributed by atoms with van der Waals surface area (Å²) < 4.78 is 8.06. The molecule has 0 bridgehead atoms. The zero-order valence-corrected chi connectivity index (χ0v) is 17.0. The molecule has 3 heterocycles. The fourth-order valence-corrected chi connectivity index (χ4v) is 3.16. The zero-order valence-electron chi connectivity index (χ0n) is 17.0. The fourth-order valence-electron chi connectivity index (χ4n) is 3.16. The summed E-state index contributed by atoms with van der Waals surface area (Å²) in [5.41, 5.74) is 2.63. The van der Waals surface area contributed by atoms with E-state index in [1.807, 2.05) is 12.1 Å². The molecule has 0 aliphatic rings. The molecule has 0 aliphatic carbocycles. The Morgan fingerprint density at radius 2 is 2.04 bits per heavy atom. The van der Waals surface area contributed by atoms with Gasteiger partial charge in [-0.15, -0.1) is 0 Å². The van der Waals surface area contributed by atoms with E-state index in [0.29, 0.717) is 18.7 Å². The maximum atomic E-state index is 12.6. The summed E-state index contributed by atoms with van der Waals surface area (Å²) in [5, 5.41) is 6.44.